The van der Waals surface area contributed by atoms with Gasteiger partial charge in [0.2, 0.25) is 5.82 Å². The quantitative estimate of drug-likeness (QED) is 0.763. The monoisotopic (exact) mass is 327 g/mol. The third-order valence-corrected chi connectivity index (χ3v) is 3.34. The van der Waals surface area contributed by atoms with Gasteiger partial charge >= 0.3 is 6.18 Å². The van der Waals surface area contributed by atoms with Gasteiger partial charge in [0.05, 0.1) is 11.0 Å². The molecule has 112 valence electrons. The minimum Gasteiger partial charge on any atom is -0.384 e. The van der Waals surface area contributed by atoms with Crippen molar-refractivity contribution in [3.05, 3.63) is 23.5 Å². The molecule has 1 aliphatic rings. The molecule has 1 aliphatic heterocycles. The molecule has 1 aromatic heterocycles. The zero-order chi connectivity index (χ0) is 13.1. The van der Waals surface area contributed by atoms with E-state index in [4.69, 9.17) is 0 Å². The van der Waals surface area contributed by atoms with Crippen molar-refractivity contribution >= 4 is 41.5 Å². The molecule has 0 spiro atoms. The van der Waals surface area contributed by atoms with Gasteiger partial charge in [0.1, 0.15) is 0 Å². The van der Waals surface area contributed by atoms with Gasteiger partial charge in [-0.3, -0.25) is 0 Å². The summed E-state index contributed by atoms with van der Waals surface area (Å²) in [5, 5.41) is 3.20. The van der Waals surface area contributed by atoms with Crippen molar-refractivity contribution in [3.8, 4) is 0 Å². The smallest absolute Gasteiger partial charge is 0.384 e. The third kappa shape index (κ3) is 2.54. The Labute approximate surface area is 126 Å². The van der Waals surface area contributed by atoms with E-state index in [0.717, 1.165) is 17.8 Å². The molecule has 0 bridgehead atoms. The van der Waals surface area contributed by atoms with Gasteiger partial charge in [-0.25, -0.2) is 4.98 Å². The number of halogens is 5. The van der Waals surface area contributed by atoms with Crippen LogP contribution in [-0.2, 0) is 11.6 Å². The number of nitrogens with one attached hydrogen (secondary N) is 2. The highest BCUT2D eigenvalue weighted by Gasteiger charge is 2.36. The molecule has 8 heteroatoms. The molecule has 1 aromatic carbocycles. The molecule has 0 unspecified atom stereocenters. The summed E-state index contributed by atoms with van der Waals surface area (Å²) < 4.78 is 37.7. The molecule has 0 aliphatic carbocycles. The molecule has 20 heavy (non-hydrogen) atoms. The maximum Gasteiger partial charge on any atom is 0.449 e. The maximum absolute atomic E-state index is 12.6. The van der Waals surface area contributed by atoms with Crippen molar-refractivity contribution in [2.24, 2.45) is 0 Å². The number of anilines is 1. The van der Waals surface area contributed by atoms with E-state index in [-0.39, 0.29) is 30.2 Å². The Morgan fingerprint density at radius 2 is 1.85 bits per heavy atom. The van der Waals surface area contributed by atoms with Crippen LogP contribution >= 0.6 is 24.8 Å². The summed E-state index contributed by atoms with van der Waals surface area (Å²) in [5.41, 5.74) is 2.58. The van der Waals surface area contributed by atoms with Crippen LogP contribution in [0.15, 0.2) is 12.1 Å². The summed E-state index contributed by atoms with van der Waals surface area (Å²) in [4.78, 5) is 5.93. The highest BCUT2D eigenvalue weighted by molar-refractivity contribution is 5.85. The normalized spacial score (nSPS) is 16.1. The highest BCUT2D eigenvalue weighted by Crippen LogP contribution is 2.39. The predicted octanol–water partition coefficient (Wildman–Crippen LogP) is 4.13. The van der Waals surface area contributed by atoms with Crippen LogP contribution in [0.2, 0.25) is 0 Å². The molecule has 3 rings (SSSR count). The third-order valence-electron chi connectivity index (χ3n) is 3.34. The van der Waals surface area contributed by atoms with Crippen LogP contribution in [0.1, 0.15) is 25.2 Å². The van der Waals surface area contributed by atoms with E-state index in [1.165, 1.54) is 0 Å². The number of benzene rings is 1. The minimum absolute atomic E-state index is 0. The highest BCUT2D eigenvalue weighted by atomic mass is 35.5. The van der Waals surface area contributed by atoms with Gasteiger partial charge in [-0.1, -0.05) is 13.8 Å². The fraction of sp³-hybridized carbons (Fsp3) is 0.417. The first-order valence-electron chi connectivity index (χ1n) is 5.63. The van der Waals surface area contributed by atoms with Crippen molar-refractivity contribution in [1.82, 2.24) is 9.97 Å². The SMILES string of the molecule is CC1(C)CNc2cc3nc(C(F)(F)F)[nH]c3cc21.Cl.Cl. The largest absolute Gasteiger partial charge is 0.449 e. The van der Waals surface area contributed by atoms with Gasteiger partial charge in [-0.15, -0.1) is 24.8 Å². The summed E-state index contributed by atoms with van der Waals surface area (Å²) >= 11 is 0. The molecule has 3 nitrogen and oxygen atoms in total. The number of aromatic nitrogens is 2. The van der Waals surface area contributed by atoms with Crippen LogP contribution < -0.4 is 5.32 Å². The topological polar surface area (TPSA) is 40.7 Å². The van der Waals surface area contributed by atoms with Crippen LogP contribution in [0.3, 0.4) is 0 Å². The van der Waals surface area contributed by atoms with Crippen LogP contribution in [0.5, 0.6) is 0 Å². The van der Waals surface area contributed by atoms with Crippen LogP contribution in [0, 0.1) is 0 Å². The van der Waals surface area contributed by atoms with Gasteiger partial charge in [0.25, 0.3) is 0 Å². The fourth-order valence-electron chi connectivity index (χ4n) is 2.31. The summed E-state index contributed by atoms with van der Waals surface area (Å²) in [5.74, 6) is -0.945. The first-order chi connectivity index (χ1) is 8.27. The van der Waals surface area contributed by atoms with Gasteiger partial charge in [-0.05, 0) is 17.7 Å². The second-order valence-corrected chi connectivity index (χ2v) is 5.24. The molecule has 0 atom stereocenters. The Bertz CT molecular complexity index is 635. The number of imidazole rings is 1. The van der Waals surface area contributed by atoms with E-state index in [1.54, 1.807) is 12.1 Å². The molecular weight excluding hydrogens is 314 g/mol. The number of H-pyrrole nitrogens is 1. The van der Waals surface area contributed by atoms with Crippen molar-refractivity contribution in [1.29, 1.82) is 0 Å². The fourth-order valence-corrected chi connectivity index (χ4v) is 2.31. The lowest BCUT2D eigenvalue weighted by Gasteiger charge is -2.16. The standard InChI is InChI=1S/C12H12F3N3.2ClH/c1-11(2)5-16-7-4-9-8(3-6(7)11)17-10(18-9)12(13,14)15;;/h3-4,16H,5H2,1-2H3,(H,17,18);2*1H. The lowest BCUT2D eigenvalue weighted by atomic mass is 9.87. The van der Waals surface area contributed by atoms with Crippen molar-refractivity contribution < 1.29 is 13.2 Å². The first kappa shape index (κ1) is 16.9. The summed E-state index contributed by atoms with van der Waals surface area (Å²) in [6, 6.07) is 3.43. The number of nitrogens with zero attached hydrogens (tertiary/aromatic N) is 1. The summed E-state index contributed by atoms with van der Waals surface area (Å²) in [6.45, 7) is 4.89. The lowest BCUT2D eigenvalue weighted by Crippen LogP contribution is -2.18. The molecule has 0 saturated carbocycles. The summed E-state index contributed by atoms with van der Waals surface area (Å²) in [7, 11) is 0. The van der Waals surface area contributed by atoms with E-state index in [9.17, 15) is 13.2 Å². The first-order valence-corrected chi connectivity index (χ1v) is 5.63. The maximum atomic E-state index is 12.6. The van der Waals surface area contributed by atoms with E-state index < -0.39 is 12.0 Å². The van der Waals surface area contributed by atoms with Crippen LogP contribution in [-0.4, -0.2) is 16.5 Å². The Morgan fingerprint density at radius 3 is 2.45 bits per heavy atom. The molecule has 2 heterocycles. The molecule has 0 saturated heterocycles. The average Bonchev–Trinajstić information content (AvgIpc) is 2.77. The van der Waals surface area contributed by atoms with Gasteiger partial charge in [0, 0.05) is 17.6 Å². The number of fused-ring (bicyclic) bond motifs is 2. The predicted molar refractivity (Wildman–Crippen MR) is 77.1 cm³/mol. The molecule has 0 radical (unpaired) electrons. The lowest BCUT2D eigenvalue weighted by molar-refractivity contribution is -0.144. The minimum atomic E-state index is -4.44. The van der Waals surface area contributed by atoms with E-state index in [1.807, 2.05) is 0 Å². The number of alkyl halides is 3. The van der Waals surface area contributed by atoms with Crippen LogP contribution in [0.4, 0.5) is 18.9 Å². The zero-order valence-corrected chi connectivity index (χ0v) is 12.4. The van der Waals surface area contributed by atoms with Gasteiger partial charge < -0.3 is 10.3 Å². The number of hydrogen-bond acceptors (Lipinski definition) is 2. The van der Waals surface area contributed by atoms with Crippen molar-refractivity contribution in [2.75, 3.05) is 11.9 Å². The second-order valence-electron chi connectivity index (χ2n) is 5.24. The Morgan fingerprint density at radius 1 is 1.20 bits per heavy atom. The van der Waals surface area contributed by atoms with Crippen LogP contribution in [0.25, 0.3) is 11.0 Å². The molecule has 0 amide bonds. The second kappa shape index (κ2) is 5.00. The Kier molecular flexibility index (Phi) is 4.23. The van der Waals surface area contributed by atoms with Gasteiger partial charge in [-0.2, -0.15) is 13.2 Å². The van der Waals surface area contributed by atoms with Crippen molar-refractivity contribution in [2.45, 2.75) is 25.4 Å². The summed E-state index contributed by atoms with van der Waals surface area (Å²) in [6.07, 6.45) is -4.44. The number of rotatable bonds is 0. The van der Waals surface area contributed by atoms with E-state index in [2.05, 4.69) is 29.1 Å². The zero-order valence-electron chi connectivity index (χ0n) is 10.8. The molecular formula is C12H14Cl2F3N3. The number of hydrogen-bond donors (Lipinski definition) is 2. The Balaban J connectivity index is 0.000001000. The molecule has 2 N–H and O–H groups in total. The number of aromatic amines is 1. The van der Waals surface area contributed by atoms with E-state index in [0.29, 0.717) is 11.0 Å². The Hall–Kier alpha value is -1.14. The molecule has 0 fully saturated rings. The average molecular weight is 328 g/mol. The molecule has 2 aromatic rings. The van der Waals surface area contributed by atoms with Gasteiger partial charge in [0.15, 0.2) is 0 Å². The van der Waals surface area contributed by atoms with E-state index >= 15 is 0 Å². The van der Waals surface area contributed by atoms with Crippen molar-refractivity contribution in [3.63, 3.8) is 0 Å².